The van der Waals surface area contributed by atoms with Gasteiger partial charge in [-0.25, -0.2) is 0 Å². The van der Waals surface area contributed by atoms with Crippen molar-refractivity contribution in [1.82, 2.24) is 4.90 Å². The van der Waals surface area contributed by atoms with E-state index in [0.29, 0.717) is 10.9 Å². The minimum atomic E-state index is -0.0914. The molecule has 19 heavy (non-hydrogen) atoms. The first-order chi connectivity index (χ1) is 9.09. The van der Waals surface area contributed by atoms with Gasteiger partial charge in [0.2, 0.25) is 5.91 Å². The van der Waals surface area contributed by atoms with E-state index in [0.717, 1.165) is 38.1 Å². The Labute approximate surface area is 129 Å². The SMILES string of the molecule is CSC1(C(N)=S)CCN(C(=O)C2CCCCS2)CC1. The molecule has 0 aromatic rings. The lowest BCUT2D eigenvalue weighted by molar-refractivity contribution is -0.131. The summed E-state index contributed by atoms with van der Waals surface area (Å²) in [5.41, 5.74) is 5.88. The Balaban J connectivity index is 1.92. The third-order valence-electron chi connectivity index (χ3n) is 4.18. The molecule has 2 N–H and O–H groups in total. The van der Waals surface area contributed by atoms with Gasteiger partial charge in [0.15, 0.2) is 0 Å². The first-order valence-corrected chi connectivity index (χ1v) is 9.53. The maximum absolute atomic E-state index is 12.5. The molecule has 1 unspecified atom stereocenters. The number of hydrogen-bond donors (Lipinski definition) is 1. The van der Waals surface area contributed by atoms with Crippen LogP contribution in [0.4, 0.5) is 0 Å². The molecule has 0 aliphatic carbocycles. The lowest BCUT2D eigenvalue weighted by Gasteiger charge is -2.41. The van der Waals surface area contributed by atoms with Crippen molar-refractivity contribution < 1.29 is 4.79 Å². The van der Waals surface area contributed by atoms with Crippen molar-refractivity contribution in [3.63, 3.8) is 0 Å². The van der Waals surface area contributed by atoms with Gasteiger partial charge in [0, 0.05) is 13.1 Å². The summed E-state index contributed by atoms with van der Waals surface area (Å²) in [4.78, 5) is 15.1. The van der Waals surface area contributed by atoms with Crippen LogP contribution in [0.25, 0.3) is 0 Å². The summed E-state index contributed by atoms with van der Waals surface area (Å²) >= 11 is 8.78. The van der Waals surface area contributed by atoms with Crippen LogP contribution in [-0.4, -0.2) is 50.9 Å². The number of nitrogens with two attached hydrogens (primary N) is 1. The minimum Gasteiger partial charge on any atom is -0.392 e. The Morgan fingerprint density at radius 2 is 2.11 bits per heavy atom. The quantitative estimate of drug-likeness (QED) is 0.809. The summed E-state index contributed by atoms with van der Waals surface area (Å²) in [6.07, 6.45) is 7.35. The number of thioether (sulfide) groups is 2. The van der Waals surface area contributed by atoms with Crippen LogP contribution in [0.2, 0.25) is 0 Å². The lowest BCUT2D eigenvalue weighted by atomic mass is 9.95. The molecule has 6 heteroatoms. The highest BCUT2D eigenvalue weighted by Gasteiger charge is 2.39. The second-order valence-corrected chi connectivity index (χ2v) is 8.18. The summed E-state index contributed by atoms with van der Waals surface area (Å²) in [7, 11) is 0. The molecule has 2 saturated heterocycles. The number of carbonyl (C=O) groups excluding carboxylic acids is 1. The second-order valence-electron chi connectivity index (χ2n) is 5.24. The zero-order chi connectivity index (χ0) is 13.9. The summed E-state index contributed by atoms with van der Waals surface area (Å²) in [6, 6.07) is 0. The number of piperidine rings is 1. The standard InChI is InChI=1S/C13H22N2OS3/c1-18-13(12(14)17)5-7-15(8-6-13)11(16)10-4-2-3-9-19-10/h10H,2-9H2,1H3,(H2,14,17). The Hall–Kier alpha value is 0.0600. The summed E-state index contributed by atoms with van der Waals surface area (Å²) in [5, 5.41) is 0.195. The van der Waals surface area contributed by atoms with Gasteiger partial charge >= 0.3 is 0 Å². The molecule has 0 spiro atoms. The van der Waals surface area contributed by atoms with E-state index in [1.807, 2.05) is 16.7 Å². The van der Waals surface area contributed by atoms with Crippen molar-refractivity contribution in [2.45, 2.75) is 42.1 Å². The smallest absolute Gasteiger partial charge is 0.235 e. The highest BCUT2D eigenvalue weighted by Crippen LogP contribution is 2.36. The number of hydrogen-bond acceptors (Lipinski definition) is 4. The van der Waals surface area contributed by atoms with E-state index in [2.05, 4.69) is 6.26 Å². The van der Waals surface area contributed by atoms with Crippen molar-refractivity contribution >= 4 is 46.6 Å². The van der Waals surface area contributed by atoms with Crippen LogP contribution in [0.3, 0.4) is 0 Å². The summed E-state index contributed by atoms with van der Waals surface area (Å²) in [5.74, 6) is 1.47. The van der Waals surface area contributed by atoms with Crippen LogP contribution in [0.5, 0.6) is 0 Å². The number of carbonyl (C=O) groups is 1. The molecule has 2 aliphatic rings. The Morgan fingerprint density at radius 3 is 2.58 bits per heavy atom. The molecule has 2 fully saturated rings. The highest BCUT2D eigenvalue weighted by molar-refractivity contribution is 8.02. The zero-order valence-corrected chi connectivity index (χ0v) is 13.8. The maximum Gasteiger partial charge on any atom is 0.235 e. The number of thiocarbonyl (C=S) groups is 1. The number of likely N-dealkylation sites (tertiary alicyclic amines) is 1. The minimum absolute atomic E-state index is 0.0914. The van der Waals surface area contributed by atoms with Crippen LogP contribution in [0, 0.1) is 0 Å². The normalized spacial score (nSPS) is 27.0. The predicted octanol–water partition coefficient (Wildman–Crippen LogP) is 2.28. The van der Waals surface area contributed by atoms with Gasteiger partial charge in [-0.05, 0) is 37.7 Å². The van der Waals surface area contributed by atoms with E-state index >= 15 is 0 Å². The Kier molecular flexibility index (Phi) is 5.43. The van der Waals surface area contributed by atoms with Crippen LogP contribution in [-0.2, 0) is 4.79 Å². The second kappa shape index (κ2) is 6.68. The molecule has 2 heterocycles. The van der Waals surface area contributed by atoms with E-state index in [9.17, 15) is 4.79 Å². The van der Waals surface area contributed by atoms with Crippen LogP contribution >= 0.6 is 35.7 Å². The maximum atomic E-state index is 12.5. The Morgan fingerprint density at radius 1 is 1.42 bits per heavy atom. The van der Waals surface area contributed by atoms with Gasteiger partial charge in [0.1, 0.15) is 0 Å². The van der Waals surface area contributed by atoms with Crippen molar-refractivity contribution in [2.75, 3.05) is 25.1 Å². The van der Waals surface area contributed by atoms with Gasteiger partial charge in [-0.15, -0.1) is 11.8 Å². The van der Waals surface area contributed by atoms with E-state index in [1.54, 1.807) is 11.8 Å². The van der Waals surface area contributed by atoms with Crippen molar-refractivity contribution in [3.8, 4) is 0 Å². The first-order valence-electron chi connectivity index (χ1n) is 6.84. The molecule has 0 bridgehead atoms. The molecule has 0 aromatic heterocycles. The summed E-state index contributed by atoms with van der Waals surface area (Å²) < 4.78 is -0.0914. The van der Waals surface area contributed by atoms with E-state index < -0.39 is 0 Å². The molecule has 2 aliphatic heterocycles. The van der Waals surface area contributed by atoms with Gasteiger partial charge in [-0.2, -0.15) is 11.8 Å². The predicted molar refractivity (Wildman–Crippen MR) is 88.9 cm³/mol. The molecule has 0 aromatic carbocycles. The molecule has 3 nitrogen and oxygen atoms in total. The summed E-state index contributed by atoms with van der Waals surface area (Å²) in [6.45, 7) is 1.60. The fraction of sp³-hybridized carbons (Fsp3) is 0.846. The van der Waals surface area contributed by atoms with E-state index in [-0.39, 0.29) is 10.00 Å². The molecule has 108 valence electrons. The van der Waals surface area contributed by atoms with Crippen molar-refractivity contribution in [1.29, 1.82) is 0 Å². The van der Waals surface area contributed by atoms with E-state index in [1.165, 1.54) is 12.8 Å². The number of rotatable bonds is 3. The number of amides is 1. The molecule has 2 rings (SSSR count). The van der Waals surface area contributed by atoms with Gasteiger partial charge in [-0.3, -0.25) is 4.79 Å². The van der Waals surface area contributed by atoms with Gasteiger partial charge in [-0.1, -0.05) is 18.6 Å². The molecular weight excluding hydrogens is 296 g/mol. The molecule has 1 amide bonds. The largest absolute Gasteiger partial charge is 0.392 e. The fourth-order valence-electron chi connectivity index (χ4n) is 2.78. The van der Waals surface area contributed by atoms with Crippen LogP contribution in [0.1, 0.15) is 32.1 Å². The van der Waals surface area contributed by atoms with Gasteiger partial charge in [0.05, 0.1) is 15.0 Å². The molecule has 1 atom stereocenters. The zero-order valence-electron chi connectivity index (χ0n) is 11.4. The third kappa shape index (κ3) is 3.39. The lowest BCUT2D eigenvalue weighted by Crippen LogP contribution is -2.52. The monoisotopic (exact) mass is 318 g/mol. The van der Waals surface area contributed by atoms with Gasteiger partial charge in [0.25, 0.3) is 0 Å². The topological polar surface area (TPSA) is 46.3 Å². The Bertz CT molecular complexity index is 348. The highest BCUT2D eigenvalue weighted by atomic mass is 32.2. The average molecular weight is 319 g/mol. The molecule has 0 radical (unpaired) electrons. The number of nitrogens with zero attached hydrogens (tertiary/aromatic N) is 1. The molecular formula is C13H22N2OS3. The van der Waals surface area contributed by atoms with Crippen molar-refractivity contribution in [3.05, 3.63) is 0 Å². The van der Waals surface area contributed by atoms with Crippen LogP contribution in [0.15, 0.2) is 0 Å². The molecule has 0 saturated carbocycles. The fourth-order valence-corrected chi connectivity index (χ4v) is 5.30. The van der Waals surface area contributed by atoms with E-state index in [4.69, 9.17) is 18.0 Å². The average Bonchev–Trinajstić information content (AvgIpc) is 2.47. The first kappa shape index (κ1) is 15.4. The van der Waals surface area contributed by atoms with Crippen molar-refractivity contribution in [2.24, 2.45) is 5.73 Å². The van der Waals surface area contributed by atoms with Gasteiger partial charge < -0.3 is 10.6 Å². The van der Waals surface area contributed by atoms with Crippen LogP contribution < -0.4 is 5.73 Å². The third-order valence-corrected chi connectivity index (χ3v) is 7.47.